The topological polar surface area (TPSA) is 51.2 Å². The summed E-state index contributed by atoms with van der Waals surface area (Å²) in [7, 11) is 1.03. The van der Waals surface area contributed by atoms with Crippen LogP contribution in [0.1, 0.15) is 32.6 Å². The molecule has 19 heavy (non-hydrogen) atoms. The third-order valence-corrected chi connectivity index (χ3v) is 4.41. The summed E-state index contributed by atoms with van der Waals surface area (Å²) in [6.07, 6.45) is 8.09. The Morgan fingerprint density at radius 1 is 1.16 bits per heavy atom. The highest BCUT2D eigenvalue weighted by Gasteiger charge is 2.34. The summed E-state index contributed by atoms with van der Waals surface area (Å²) in [4.78, 5) is 3.84. The van der Waals surface area contributed by atoms with Crippen LogP contribution in [0.2, 0.25) is 0 Å². The number of rotatable bonds is 9. The Hall–Kier alpha value is -0.550. The Bertz CT molecular complexity index is 330. The molecule has 1 heterocycles. The van der Waals surface area contributed by atoms with E-state index in [1.165, 1.54) is 33.5 Å². The van der Waals surface area contributed by atoms with E-state index in [9.17, 15) is 4.57 Å². The molecule has 0 radical (unpaired) electrons. The Balaban J connectivity index is 2.51. The van der Waals surface area contributed by atoms with Crippen molar-refractivity contribution in [3.8, 4) is 0 Å². The maximum absolute atomic E-state index is 12.0. The van der Waals surface area contributed by atoms with Crippen LogP contribution in [0.5, 0.6) is 0 Å². The fourth-order valence-corrected chi connectivity index (χ4v) is 2.71. The van der Waals surface area contributed by atoms with Crippen LogP contribution in [0.3, 0.4) is 0 Å². The Labute approximate surface area is 115 Å². The largest absolute Gasteiger partial charge is 0.477 e. The van der Waals surface area contributed by atoms with Crippen LogP contribution in [0.4, 0.5) is 0 Å². The molecular weight excluding hydrogens is 267 g/mol. The summed E-state index contributed by atoms with van der Waals surface area (Å²) in [5.41, 5.74) is 0. The molecule has 6 nitrogen and oxygen atoms in total. The summed E-state index contributed by atoms with van der Waals surface area (Å²) in [6, 6.07) is 0. The van der Waals surface area contributed by atoms with Gasteiger partial charge in [-0.2, -0.15) is 0 Å². The van der Waals surface area contributed by atoms with Crippen molar-refractivity contribution in [1.29, 1.82) is 0 Å². The molecule has 7 heteroatoms. The van der Waals surface area contributed by atoms with Crippen molar-refractivity contribution in [3.63, 3.8) is 0 Å². The van der Waals surface area contributed by atoms with Crippen LogP contribution < -0.4 is 0 Å². The predicted octanol–water partition coefficient (Wildman–Crippen LogP) is 2.99. The van der Waals surface area contributed by atoms with Crippen LogP contribution in [0.25, 0.3) is 0 Å². The molecule has 1 aliphatic heterocycles. The maximum Gasteiger partial charge on any atom is 0.477 e. The summed E-state index contributed by atoms with van der Waals surface area (Å²) in [5, 5.41) is 0. The summed E-state index contributed by atoms with van der Waals surface area (Å²) >= 11 is 0. The molecule has 1 unspecified atom stereocenters. The van der Waals surface area contributed by atoms with Crippen molar-refractivity contribution >= 4 is 7.82 Å². The van der Waals surface area contributed by atoms with Crippen LogP contribution in [-0.2, 0) is 18.1 Å². The molecule has 112 valence electrons. The van der Waals surface area contributed by atoms with Crippen LogP contribution in [0.15, 0.2) is 12.4 Å². The molecule has 0 saturated carbocycles. The van der Waals surface area contributed by atoms with E-state index in [0.29, 0.717) is 0 Å². The first-order chi connectivity index (χ1) is 9.06. The maximum atomic E-state index is 12.0. The SMILES string of the molecule is CCCCCCN1C=CN(C)C1OP(=O)(OC)OC. The smallest absolute Gasteiger partial charge is 0.337 e. The van der Waals surface area contributed by atoms with Gasteiger partial charge in [0.15, 0.2) is 0 Å². The molecule has 0 aromatic carbocycles. The minimum absolute atomic E-state index is 0.438. The highest BCUT2D eigenvalue weighted by molar-refractivity contribution is 7.48. The number of phosphoric acid groups is 1. The molecule has 0 aromatic rings. The molecule has 0 aliphatic carbocycles. The average Bonchev–Trinajstić information content (AvgIpc) is 2.76. The van der Waals surface area contributed by atoms with Crippen molar-refractivity contribution < 1.29 is 18.1 Å². The van der Waals surface area contributed by atoms with E-state index in [2.05, 4.69) is 6.92 Å². The fraction of sp³-hybridized carbons (Fsp3) is 0.833. The van der Waals surface area contributed by atoms with Crippen molar-refractivity contribution in [2.24, 2.45) is 0 Å². The molecule has 0 N–H and O–H groups in total. The van der Waals surface area contributed by atoms with Gasteiger partial charge in [0, 0.05) is 40.2 Å². The highest BCUT2D eigenvalue weighted by atomic mass is 31.2. The first-order valence-electron chi connectivity index (χ1n) is 6.62. The first kappa shape index (κ1) is 16.5. The lowest BCUT2D eigenvalue weighted by atomic mass is 10.2. The molecule has 1 rings (SSSR count). The number of hydrogen-bond donors (Lipinski definition) is 0. The molecular formula is C12H25N2O4P. The van der Waals surface area contributed by atoms with Gasteiger partial charge in [-0.3, -0.25) is 9.05 Å². The zero-order chi connectivity index (χ0) is 14.3. The standard InChI is InChI=1S/C12H25N2O4P/c1-5-6-7-8-9-14-11-10-13(2)12(14)18-19(15,16-3)17-4/h10-12H,5-9H2,1-4H3. The number of hydrogen-bond acceptors (Lipinski definition) is 6. The summed E-state index contributed by atoms with van der Waals surface area (Å²) in [5.74, 6) is 0. The van der Waals surface area contributed by atoms with Gasteiger partial charge in [-0.05, 0) is 6.42 Å². The minimum atomic E-state index is -3.47. The Morgan fingerprint density at radius 3 is 2.42 bits per heavy atom. The van der Waals surface area contributed by atoms with E-state index in [4.69, 9.17) is 13.6 Å². The van der Waals surface area contributed by atoms with E-state index in [0.717, 1.165) is 13.0 Å². The molecule has 0 saturated heterocycles. The fourth-order valence-electron chi connectivity index (χ4n) is 1.89. The highest BCUT2D eigenvalue weighted by Crippen LogP contribution is 2.49. The third kappa shape index (κ3) is 4.80. The second-order valence-corrected chi connectivity index (χ2v) is 6.34. The van der Waals surface area contributed by atoms with Gasteiger partial charge >= 0.3 is 7.82 Å². The van der Waals surface area contributed by atoms with E-state index in [-0.39, 0.29) is 0 Å². The average molecular weight is 292 g/mol. The van der Waals surface area contributed by atoms with E-state index in [1.54, 1.807) is 0 Å². The van der Waals surface area contributed by atoms with Gasteiger partial charge in [-0.15, -0.1) is 0 Å². The number of phosphoric ester groups is 1. The monoisotopic (exact) mass is 292 g/mol. The van der Waals surface area contributed by atoms with Crippen molar-refractivity contribution in [2.75, 3.05) is 27.8 Å². The quantitative estimate of drug-likeness (QED) is 0.481. The van der Waals surface area contributed by atoms with Gasteiger partial charge in [0.25, 0.3) is 0 Å². The molecule has 0 amide bonds. The summed E-state index contributed by atoms with van der Waals surface area (Å²) < 4.78 is 27.1. The second kappa shape index (κ2) is 7.90. The molecule has 1 aliphatic rings. The lowest BCUT2D eigenvalue weighted by Crippen LogP contribution is -2.38. The van der Waals surface area contributed by atoms with E-state index in [1.807, 2.05) is 29.2 Å². The zero-order valence-electron chi connectivity index (χ0n) is 12.2. The van der Waals surface area contributed by atoms with E-state index < -0.39 is 14.2 Å². The zero-order valence-corrected chi connectivity index (χ0v) is 13.1. The van der Waals surface area contributed by atoms with Gasteiger partial charge in [0.05, 0.1) is 0 Å². The normalized spacial score (nSPS) is 19.5. The lowest BCUT2D eigenvalue weighted by Gasteiger charge is -2.31. The molecule has 0 spiro atoms. The minimum Gasteiger partial charge on any atom is -0.337 e. The second-order valence-electron chi connectivity index (χ2n) is 4.51. The van der Waals surface area contributed by atoms with Gasteiger partial charge in [-0.25, -0.2) is 9.09 Å². The number of unbranched alkanes of at least 4 members (excludes halogenated alkanes) is 3. The van der Waals surface area contributed by atoms with Crippen molar-refractivity contribution in [3.05, 3.63) is 12.4 Å². The van der Waals surface area contributed by atoms with Gasteiger partial charge < -0.3 is 9.80 Å². The third-order valence-electron chi connectivity index (χ3n) is 3.07. The Morgan fingerprint density at radius 2 is 1.84 bits per heavy atom. The van der Waals surface area contributed by atoms with Crippen LogP contribution in [-0.4, -0.2) is 44.0 Å². The predicted molar refractivity (Wildman–Crippen MR) is 74.2 cm³/mol. The van der Waals surface area contributed by atoms with Crippen LogP contribution >= 0.6 is 7.82 Å². The Kier molecular flexibility index (Phi) is 6.86. The van der Waals surface area contributed by atoms with Gasteiger partial charge in [-0.1, -0.05) is 26.2 Å². The molecule has 1 atom stereocenters. The van der Waals surface area contributed by atoms with Crippen molar-refractivity contribution in [1.82, 2.24) is 9.80 Å². The number of nitrogens with zero attached hydrogens (tertiary/aromatic N) is 2. The van der Waals surface area contributed by atoms with E-state index >= 15 is 0 Å². The van der Waals surface area contributed by atoms with Crippen molar-refractivity contribution in [2.45, 2.75) is 39.0 Å². The summed E-state index contributed by atoms with van der Waals surface area (Å²) in [6.45, 7) is 3.04. The molecule has 0 aromatic heterocycles. The lowest BCUT2D eigenvalue weighted by molar-refractivity contribution is -0.0399. The van der Waals surface area contributed by atoms with Gasteiger partial charge in [0.2, 0.25) is 6.35 Å². The van der Waals surface area contributed by atoms with Crippen LogP contribution in [0, 0.1) is 0 Å². The molecule has 0 bridgehead atoms. The molecule has 0 fully saturated rings. The first-order valence-corrected chi connectivity index (χ1v) is 8.08. The van der Waals surface area contributed by atoms with Gasteiger partial charge in [0.1, 0.15) is 0 Å².